The molecule has 378 valence electrons. The summed E-state index contributed by atoms with van der Waals surface area (Å²) in [5, 5.41) is 0. The Bertz CT molecular complexity index is 1290. The largest absolute Gasteiger partial charge is 0.462 e. The molecule has 0 spiro atoms. The van der Waals surface area contributed by atoms with Gasteiger partial charge >= 0.3 is 17.9 Å². The Morgan fingerprint density at radius 3 is 1.02 bits per heavy atom. The van der Waals surface area contributed by atoms with Crippen molar-refractivity contribution in [3.8, 4) is 0 Å². The fraction of sp³-hybridized carbons (Fsp3) is 0.717. The molecule has 0 aromatic rings. The van der Waals surface area contributed by atoms with Gasteiger partial charge in [0.2, 0.25) is 0 Å². The van der Waals surface area contributed by atoms with Gasteiger partial charge in [0.15, 0.2) is 6.10 Å². The Hall–Kier alpha value is -3.41. The first-order chi connectivity index (χ1) is 32.5. The molecule has 0 N–H and O–H groups in total. The standard InChI is InChI=1S/C60H102O6/c1-4-7-10-13-16-19-22-24-26-28-30-32-34-36-38-41-44-47-50-53-59(62)65-56-57(55-64-58(61)52-49-46-43-40-21-18-15-12-9-6-3)66-60(63)54-51-48-45-42-39-37-35-33-31-29-27-25-23-20-17-14-11-8-5-2/h7,10,12,15-16,19,24-27,30,32,36,38,57H,4-6,8-9,11,13-14,17-18,20-23,28-29,31,33-35,37,39-56H2,1-3H3/b10-7-,15-12-,19-16-,26-24-,27-25-,32-30-,38-36-. The molecule has 0 fully saturated rings. The first-order valence-electron chi connectivity index (χ1n) is 27.6. The zero-order chi connectivity index (χ0) is 47.9. The van der Waals surface area contributed by atoms with Crippen LogP contribution in [0.3, 0.4) is 0 Å². The Labute approximate surface area is 407 Å². The van der Waals surface area contributed by atoms with Gasteiger partial charge in [-0.25, -0.2) is 0 Å². The summed E-state index contributed by atoms with van der Waals surface area (Å²) in [4.78, 5) is 38.0. The molecular weight excluding hydrogens is 817 g/mol. The van der Waals surface area contributed by atoms with Gasteiger partial charge in [-0.05, 0) is 109 Å². The first-order valence-corrected chi connectivity index (χ1v) is 27.6. The molecule has 1 atom stereocenters. The third-order valence-corrected chi connectivity index (χ3v) is 11.6. The molecule has 6 nitrogen and oxygen atoms in total. The lowest BCUT2D eigenvalue weighted by Crippen LogP contribution is -2.30. The highest BCUT2D eigenvalue weighted by Gasteiger charge is 2.19. The van der Waals surface area contributed by atoms with E-state index in [4.69, 9.17) is 14.2 Å². The van der Waals surface area contributed by atoms with Crippen molar-refractivity contribution >= 4 is 17.9 Å². The van der Waals surface area contributed by atoms with Gasteiger partial charge in [-0.1, -0.05) is 215 Å². The minimum Gasteiger partial charge on any atom is -0.462 e. The van der Waals surface area contributed by atoms with Gasteiger partial charge in [-0.3, -0.25) is 14.4 Å². The summed E-state index contributed by atoms with van der Waals surface area (Å²) in [6.07, 6.45) is 70.0. The summed E-state index contributed by atoms with van der Waals surface area (Å²) in [6.45, 7) is 6.43. The van der Waals surface area contributed by atoms with E-state index in [1.807, 2.05) is 0 Å². The topological polar surface area (TPSA) is 78.9 Å². The number of ether oxygens (including phenoxy) is 3. The van der Waals surface area contributed by atoms with Crippen molar-refractivity contribution in [2.75, 3.05) is 13.2 Å². The fourth-order valence-corrected chi connectivity index (χ4v) is 7.47. The summed E-state index contributed by atoms with van der Waals surface area (Å²) in [6, 6.07) is 0. The Balaban J connectivity index is 4.39. The van der Waals surface area contributed by atoms with E-state index in [0.29, 0.717) is 19.3 Å². The number of carbonyl (C=O) groups is 3. The van der Waals surface area contributed by atoms with Crippen LogP contribution in [-0.2, 0) is 28.6 Å². The molecule has 0 rings (SSSR count). The molecule has 0 saturated carbocycles. The predicted molar refractivity (Wildman–Crippen MR) is 284 cm³/mol. The minimum atomic E-state index is -0.794. The molecule has 0 aliphatic carbocycles. The van der Waals surface area contributed by atoms with Crippen LogP contribution in [0.2, 0.25) is 0 Å². The van der Waals surface area contributed by atoms with Gasteiger partial charge in [0.05, 0.1) is 0 Å². The molecule has 0 bridgehead atoms. The Morgan fingerprint density at radius 2 is 0.621 bits per heavy atom. The van der Waals surface area contributed by atoms with Gasteiger partial charge in [0.25, 0.3) is 0 Å². The molecule has 0 heterocycles. The molecule has 0 saturated heterocycles. The second-order valence-corrected chi connectivity index (χ2v) is 18.1. The van der Waals surface area contributed by atoms with Crippen molar-refractivity contribution < 1.29 is 28.6 Å². The number of hydrogen-bond acceptors (Lipinski definition) is 6. The zero-order valence-corrected chi connectivity index (χ0v) is 43.2. The monoisotopic (exact) mass is 919 g/mol. The third-order valence-electron chi connectivity index (χ3n) is 11.6. The highest BCUT2D eigenvalue weighted by molar-refractivity contribution is 5.71. The molecule has 0 radical (unpaired) electrons. The van der Waals surface area contributed by atoms with Crippen LogP contribution >= 0.6 is 0 Å². The van der Waals surface area contributed by atoms with Gasteiger partial charge in [0.1, 0.15) is 13.2 Å². The van der Waals surface area contributed by atoms with E-state index in [1.54, 1.807) is 0 Å². The quantitative estimate of drug-likeness (QED) is 0.0262. The highest BCUT2D eigenvalue weighted by Crippen LogP contribution is 2.15. The van der Waals surface area contributed by atoms with E-state index < -0.39 is 6.10 Å². The van der Waals surface area contributed by atoms with Crippen LogP contribution in [0.5, 0.6) is 0 Å². The molecule has 66 heavy (non-hydrogen) atoms. The lowest BCUT2D eigenvalue weighted by molar-refractivity contribution is -0.167. The van der Waals surface area contributed by atoms with Crippen LogP contribution in [-0.4, -0.2) is 37.2 Å². The number of carbonyl (C=O) groups excluding carboxylic acids is 3. The van der Waals surface area contributed by atoms with Crippen LogP contribution in [0.15, 0.2) is 85.1 Å². The van der Waals surface area contributed by atoms with Gasteiger partial charge in [-0.2, -0.15) is 0 Å². The number of allylic oxidation sites excluding steroid dienone is 14. The van der Waals surface area contributed by atoms with Crippen molar-refractivity contribution in [1.82, 2.24) is 0 Å². The molecule has 1 unspecified atom stereocenters. The highest BCUT2D eigenvalue weighted by atomic mass is 16.6. The summed E-state index contributed by atoms with van der Waals surface area (Å²) >= 11 is 0. The maximum atomic E-state index is 12.8. The van der Waals surface area contributed by atoms with Crippen LogP contribution in [0.1, 0.15) is 258 Å². The number of rotatable bonds is 49. The maximum Gasteiger partial charge on any atom is 0.306 e. The Kier molecular flexibility index (Phi) is 51.4. The smallest absolute Gasteiger partial charge is 0.306 e. The van der Waals surface area contributed by atoms with Crippen molar-refractivity contribution in [1.29, 1.82) is 0 Å². The van der Waals surface area contributed by atoms with Crippen molar-refractivity contribution in [3.63, 3.8) is 0 Å². The van der Waals surface area contributed by atoms with Crippen molar-refractivity contribution in [3.05, 3.63) is 85.1 Å². The Morgan fingerprint density at radius 1 is 0.318 bits per heavy atom. The summed E-state index contributed by atoms with van der Waals surface area (Å²) in [5.74, 6) is -0.936. The summed E-state index contributed by atoms with van der Waals surface area (Å²) in [5.41, 5.74) is 0. The van der Waals surface area contributed by atoms with Crippen LogP contribution in [0, 0.1) is 0 Å². The van der Waals surface area contributed by atoms with E-state index >= 15 is 0 Å². The average Bonchev–Trinajstić information content (AvgIpc) is 3.31. The maximum absolute atomic E-state index is 12.8. The lowest BCUT2D eigenvalue weighted by Gasteiger charge is -2.18. The van der Waals surface area contributed by atoms with E-state index in [0.717, 1.165) is 116 Å². The van der Waals surface area contributed by atoms with Gasteiger partial charge in [0, 0.05) is 19.3 Å². The van der Waals surface area contributed by atoms with Gasteiger partial charge < -0.3 is 14.2 Å². The number of unbranched alkanes of at least 4 members (excludes halogenated alkanes) is 24. The van der Waals surface area contributed by atoms with Crippen molar-refractivity contribution in [2.45, 2.75) is 264 Å². The van der Waals surface area contributed by atoms with Crippen molar-refractivity contribution in [2.24, 2.45) is 0 Å². The van der Waals surface area contributed by atoms with Crippen LogP contribution in [0.4, 0.5) is 0 Å². The van der Waals surface area contributed by atoms with Crippen LogP contribution in [0.25, 0.3) is 0 Å². The van der Waals surface area contributed by atoms with E-state index in [1.165, 1.54) is 103 Å². The number of hydrogen-bond donors (Lipinski definition) is 0. The molecule has 0 amide bonds. The zero-order valence-electron chi connectivity index (χ0n) is 43.2. The molecule has 0 aromatic heterocycles. The SMILES string of the molecule is CC/C=C\C/C=C\C/C=C\C/C=C\C/C=C\CCCCCC(=O)OCC(COC(=O)CCCCCCC/C=C\CCC)OC(=O)CCCCCCCCCCC/C=C\CCCCCCCC. The van der Waals surface area contributed by atoms with Crippen LogP contribution < -0.4 is 0 Å². The molecular formula is C60H102O6. The number of esters is 3. The second-order valence-electron chi connectivity index (χ2n) is 18.1. The fourth-order valence-electron chi connectivity index (χ4n) is 7.47. The molecule has 6 heteroatoms. The van der Waals surface area contributed by atoms with E-state index in [9.17, 15) is 14.4 Å². The third kappa shape index (κ3) is 51.6. The molecule has 0 aromatic carbocycles. The molecule has 0 aliphatic heterocycles. The molecule has 0 aliphatic rings. The van der Waals surface area contributed by atoms with E-state index in [2.05, 4.69) is 106 Å². The predicted octanol–water partition coefficient (Wildman–Crippen LogP) is 18.4. The normalized spacial score (nSPS) is 12.7. The van der Waals surface area contributed by atoms with E-state index in [-0.39, 0.29) is 31.1 Å². The summed E-state index contributed by atoms with van der Waals surface area (Å²) in [7, 11) is 0. The first kappa shape index (κ1) is 62.6. The lowest BCUT2D eigenvalue weighted by atomic mass is 10.1. The minimum absolute atomic E-state index is 0.0926. The second kappa shape index (κ2) is 54.2. The van der Waals surface area contributed by atoms with Gasteiger partial charge in [-0.15, -0.1) is 0 Å². The average molecular weight is 919 g/mol. The summed E-state index contributed by atoms with van der Waals surface area (Å²) < 4.78 is 16.8.